The first-order valence-corrected chi connectivity index (χ1v) is 3.94. The van der Waals surface area contributed by atoms with Crippen LogP contribution in [0.25, 0.3) is 0 Å². The smallest absolute Gasteiger partial charge is 0.0836 e. The van der Waals surface area contributed by atoms with Crippen molar-refractivity contribution in [3.05, 3.63) is 42.5 Å². The molecule has 1 radical (unpaired) electrons. The van der Waals surface area contributed by atoms with Crippen molar-refractivity contribution in [3.8, 4) is 0 Å². The molecule has 1 aliphatic carbocycles. The first-order valence-electron chi connectivity index (χ1n) is 3.94. The summed E-state index contributed by atoms with van der Waals surface area (Å²) in [5.74, 6) is 0.999. The van der Waals surface area contributed by atoms with Gasteiger partial charge in [-0.3, -0.25) is 0 Å². The van der Waals surface area contributed by atoms with E-state index in [1.165, 1.54) is 12.2 Å². The fourth-order valence-electron chi connectivity index (χ4n) is 1.46. The van der Waals surface area contributed by atoms with Gasteiger partial charge in [0.25, 0.3) is 0 Å². The highest BCUT2D eigenvalue weighted by Gasteiger charge is 2.37. The van der Waals surface area contributed by atoms with E-state index >= 15 is 0 Å². The van der Waals surface area contributed by atoms with E-state index in [1.807, 2.05) is 18.2 Å². The number of benzene rings is 1. The second-order valence-corrected chi connectivity index (χ2v) is 3.07. The van der Waals surface area contributed by atoms with Gasteiger partial charge in [-0.25, -0.2) is 0 Å². The SMILES string of the molecule is O[CH][C@H]1C[C@@H]1c1ccccc1. The maximum absolute atomic E-state index is 8.71. The van der Waals surface area contributed by atoms with Crippen molar-refractivity contribution in [2.45, 2.75) is 12.3 Å². The summed E-state index contributed by atoms with van der Waals surface area (Å²) >= 11 is 0. The van der Waals surface area contributed by atoms with Crippen molar-refractivity contribution in [3.63, 3.8) is 0 Å². The molecule has 0 amide bonds. The molecule has 57 valence electrons. The van der Waals surface area contributed by atoms with Crippen LogP contribution in [0.3, 0.4) is 0 Å². The Morgan fingerprint density at radius 3 is 2.55 bits per heavy atom. The monoisotopic (exact) mass is 147 g/mol. The molecule has 0 aromatic heterocycles. The summed E-state index contributed by atoms with van der Waals surface area (Å²) in [6, 6.07) is 10.3. The van der Waals surface area contributed by atoms with E-state index in [0.29, 0.717) is 11.8 Å². The highest BCUT2D eigenvalue weighted by atomic mass is 16.3. The van der Waals surface area contributed by atoms with Gasteiger partial charge in [-0.05, 0) is 23.8 Å². The predicted molar refractivity (Wildman–Crippen MR) is 43.5 cm³/mol. The Kier molecular flexibility index (Phi) is 1.66. The average molecular weight is 147 g/mol. The second kappa shape index (κ2) is 2.67. The van der Waals surface area contributed by atoms with Crippen molar-refractivity contribution in [2.75, 3.05) is 0 Å². The van der Waals surface area contributed by atoms with Crippen LogP contribution in [-0.2, 0) is 0 Å². The molecule has 2 rings (SSSR count). The normalized spacial score (nSPS) is 28.5. The maximum atomic E-state index is 8.71. The Hall–Kier alpha value is -0.820. The Labute approximate surface area is 66.7 Å². The minimum atomic E-state index is 0.414. The number of hydrogen-bond donors (Lipinski definition) is 1. The molecule has 1 aromatic carbocycles. The molecular weight excluding hydrogens is 136 g/mol. The van der Waals surface area contributed by atoms with E-state index in [0.717, 1.165) is 6.42 Å². The molecule has 1 aromatic rings. The average Bonchev–Trinajstić information content (AvgIpc) is 2.85. The van der Waals surface area contributed by atoms with E-state index in [2.05, 4.69) is 12.1 Å². The van der Waals surface area contributed by atoms with Gasteiger partial charge < -0.3 is 5.11 Å². The van der Waals surface area contributed by atoms with Gasteiger partial charge >= 0.3 is 0 Å². The summed E-state index contributed by atoms with van der Waals surface area (Å²) < 4.78 is 0. The third-order valence-corrected chi connectivity index (χ3v) is 2.26. The minimum Gasteiger partial charge on any atom is -0.390 e. The van der Waals surface area contributed by atoms with Gasteiger partial charge in [-0.15, -0.1) is 0 Å². The lowest BCUT2D eigenvalue weighted by Gasteiger charge is -1.95. The van der Waals surface area contributed by atoms with Gasteiger partial charge in [0, 0.05) is 0 Å². The van der Waals surface area contributed by atoms with E-state index < -0.39 is 0 Å². The van der Waals surface area contributed by atoms with E-state index in [-0.39, 0.29) is 0 Å². The molecule has 2 atom stereocenters. The summed E-state index contributed by atoms with van der Waals surface area (Å²) in [5.41, 5.74) is 1.35. The Morgan fingerprint density at radius 2 is 2.00 bits per heavy atom. The lowest BCUT2D eigenvalue weighted by molar-refractivity contribution is 0.362. The van der Waals surface area contributed by atoms with Gasteiger partial charge in [0.1, 0.15) is 0 Å². The largest absolute Gasteiger partial charge is 0.390 e. The van der Waals surface area contributed by atoms with Crippen LogP contribution >= 0.6 is 0 Å². The minimum absolute atomic E-state index is 0.414. The molecule has 0 spiro atoms. The van der Waals surface area contributed by atoms with E-state index in [1.54, 1.807) is 0 Å². The molecule has 0 unspecified atom stereocenters. The van der Waals surface area contributed by atoms with E-state index in [9.17, 15) is 0 Å². The molecule has 0 aliphatic heterocycles. The maximum Gasteiger partial charge on any atom is 0.0836 e. The standard InChI is InChI=1S/C10H11O/c11-7-9-6-10(9)8-4-2-1-3-5-8/h1-5,7,9-11H,6H2/t9-,10-/m1/s1. The highest BCUT2D eigenvalue weighted by molar-refractivity contribution is 5.26. The number of aliphatic hydroxyl groups is 1. The predicted octanol–water partition coefficient (Wildman–Crippen LogP) is 2.32. The van der Waals surface area contributed by atoms with Crippen LogP contribution < -0.4 is 0 Å². The van der Waals surface area contributed by atoms with Gasteiger partial charge in [-0.1, -0.05) is 30.3 Å². The molecular formula is C10H11O. The summed E-state index contributed by atoms with van der Waals surface area (Å²) in [6.45, 7) is 1.32. The number of aliphatic hydroxyl groups excluding tert-OH is 1. The van der Waals surface area contributed by atoms with Gasteiger partial charge in [0.05, 0.1) is 6.61 Å². The summed E-state index contributed by atoms with van der Waals surface area (Å²) in [6.07, 6.45) is 1.11. The molecule has 0 saturated heterocycles. The Balaban J connectivity index is 2.09. The first-order chi connectivity index (χ1) is 5.42. The van der Waals surface area contributed by atoms with Crippen LogP contribution in [0.2, 0.25) is 0 Å². The van der Waals surface area contributed by atoms with Crippen LogP contribution in [0.5, 0.6) is 0 Å². The topological polar surface area (TPSA) is 20.2 Å². The quantitative estimate of drug-likeness (QED) is 0.680. The molecule has 1 saturated carbocycles. The van der Waals surface area contributed by atoms with Crippen LogP contribution in [0, 0.1) is 12.5 Å². The van der Waals surface area contributed by atoms with Gasteiger partial charge in [0.2, 0.25) is 0 Å². The number of rotatable bonds is 2. The summed E-state index contributed by atoms with van der Waals surface area (Å²) in [4.78, 5) is 0. The van der Waals surface area contributed by atoms with Crippen molar-refractivity contribution < 1.29 is 5.11 Å². The fourth-order valence-corrected chi connectivity index (χ4v) is 1.46. The fraction of sp³-hybridized carbons (Fsp3) is 0.300. The molecule has 11 heavy (non-hydrogen) atoms. The summed E-state index contributed by atoms with van der Waals surface area (Å²) in [7, 11) is 0. The molecule has 1 heteroatoms. The molecule has 1 fully saturated rings. The Bertz CT molecular complexity index is 230. The zero-order valence-corrected chi connectivity index (χ0v) is 6.27. The van der Waals surface area contributed by atoms with Crippen LogP contribution in [0.4, 0.5) is 0 Å². The first kappa shape index (κ1) is 6.86. The third kappa shape index (κ3) is 1.29. The molecule has 0 bridgehead atoms. The molecule has 1 aliphatic rings. The van der Waals surface area contributed by atoms with Crippen LogP contribution in [0.15, 0.2) is 30.3 Å². The van der Waals surface area contributed by atoms with E-state index in [4.69, 9.17) is 5.11 Å². The van der Waals surface area contributed by atoms with Crippen LogP contribution in [-0.4, -0.2) is 5.11 Å². The molecule has 1 N–H and O–H groups in total. The number of hydrogen-bond acceptors (Lipinski definition) is 1. The molecule has 0 heterocycles. The lowest BCUT2D eigenvalue weighted by atomic mass is 10.1. The lowest BCUT2D eigenvalue weighted by Crippen LogP contribution is -1.82. The second-order valence-electron chi connectivity index (χ2n) is 3.07. The highest BCUT2D eigenvalue weighted by Crippen LogP contribution is 2.48. The van der Waals surface area contributed by atoms with Crippen LogP contribution in [0.1, 0.15) is 17.9 Å². The zero-order chi connectivity index (χ0) is 7.68. The van der Waals surface area contributed by atoms with Crippen molar-refractivity contribution in [1.29, 1.82) is 0 Å². The van der Waals surface area contributed by atoms with Crippen molar-refractivity contribution in [2.24, 2.45) is 5.92 Å². The summed E-state index contributed by atoms with van der Waals surface area (Å²) in [5, 5.41) is 8.71. The van der Waals surface area contributed by atoms with Gasteiger partial charge in [-0.2, -0.15) is 0 Å². The van der Waals surface area contributed by atoms with Gasteiger partial charge in [0.15, 0.2) is 0 Å². The Morgan fingerprint density at radius 1 is 1.27 bits per heavy atom. The third-order valence-electron chi connectivity index (χ3n) is 2.26. The zero-order valence-electron chi connectivity index (χ0n) is 6.27. The molecule has 1 nitrogen and oxygen atoms in total. The van der Waals surface area contributed by atoms with Crippen molar-refractivity contribution >= 4 is 0 Å². The van der Waals surface area contributed by atoms with Crippen molar-refractivity contribution in [1.82, 2.24) is 0 Å².